The lowest BCUT2D eigenvalue weighted by molar-refractivity contribution is -0.141. The van der Waals surface area contributed by atoms with Gasteiger partial charge in [-0.3, -0.25) is 14.4 Å². The van der Waals surface area contributed by atoms with E-state index < -0.39 is 102 Å². The molecule has 7 rings (SSSR count). The average Bonchev–Trinajstić information content (AvgIpc) is 3.61. The summed E-state index contributed by atoms with van der Waals surface area (Å²) in [4.78, 5) is 45.0. The molecule has 2 aromatic rings. The number of hydrogen-bond donors (Lipinski definition) is 10. The second-order valence-corrected chi connectivity index (χ2v) is 17.6. The van der Waals surface area contributed by atoms with Gasteiger partial charge in [0.15, 0.2) is 34.8 Å². The summed E-state index contributed by atoms with van der Waals surface area (Å²) in [6.07, 6.45) is -5.48. The van der Waals surface area contributed by atoms with Crippen LogP contribution in [0.25, 0.3) is 0 Å². The first-order chi connectivity index (χ1) is 28.4. The van der Waals surface area contributed by atoms with Gasteiger partial charge in [0.2, 0.25) is 0 Å². The number of nitrogens with one attached hydrogen (secondary N) is 3. The predicted molar refractivity (Wildman–Crippen MR) is 223 cm³/mol. The van der Waals surface area contributed by atoms with Gasteiger partial charge in [-0.1, -0.05) is 38.3 Å². The standard InChI is InChI=1S/C36H38Br4N6O14/c1-14-15-7-17(37)28-23(10-15)58-36(59-28)4-3-35(54)11-19(44-55)33(52)43-13-22(49)27(50)21(48)12-42-32(51)18(46-60-31(35)30(36)40)8-16-9-20(47)29(25(39)24(16)38)57-6-2-5-41-34(53)26(14)45-56/h3-4,7,9-10,14,21-22,27,30-31,47-50,54-56H,2,5-6,8,11-13H2,1H3,(H,41,53)(H,42,51)(H,43,52)/b44-19+,45-26+,46-18+/t14?,21-,22+,27+,30+,31-,35-,36?/m1/s1. The fourth-order valence-electron chi connectivity index (χ4n) is 6.68. The summed E-state index contributed by atoms with van der Waals surface area (Å²) in [6.45, 7) is 0.467. The molecule has 1 spiro atoms. The fourth-order valence-corrected chi connectivity index (χ4v) is 9.12. The maximum absolute atomic E-state index is 13.9. The molecule has 5 aliphatic rings. The van der Waals surface area contributed by atoms with E-state index in [1.54, 1.807) is 19.1 Å². The van der Waals surface area contributed by atoms with Gasteiger partial charge in [0.1, 0.15) is 28.0 Å². The number of halogens is 4. The van der Waals surface area contributed by atoms with Crippen LogP contribution in [0.3, 0.4) is 0 Å². The number of carbonyl (C=O) groups excluding carboxylic acids is 3. The van der Waals surface area contributed by atoms with Crippen molar-refractivity contribution in [1.29, 1.82) is 0 Å². The van der Waals surface area contributed by atoms with E-state index in [1.165, 1.54) is 12.1 Å². The van der Waals surface area contributed by atoms with E-state index in [0.717, 1.165) is 6.08 Å². The molecule has 8 atom stereocenters. The maximum atomic E-state index is 13.9. The Morgan fingerprint density at radius 1 is 0.883 bits per heavy atom. The topological polar surface area (TPSA) is 303 Å². The molecule has 0 saturated heterocycles. The number of phenols is 1. The quantitative estimate of drug-likeness (QED) is 0.0776. The number of ether oxygens (including phenoxy) is 3. The largest absolute Gasteiger partial charge is 0.504 e. The molecule has 3 amide bonds. The van der Waals surface area contributed by atoms with Crippen molar-refractivity contribution in [3.05, 3.63) is 54.9 Å². The Hall–Kier alpha value is -4.04. The van der Waals surface area contributed by atoms with E-state index in [4.69, 9.17) is 19.0 Å². The Bertz CT molecular complexity index is 2180. The van der Waals surface area contributed by atoms with Gasteiger partial charge in [0.05, 0.1) is 27.8 Å². The number of benzene rings is 2. The van der Waals surface area contributed by atoms with E-state index in [-0.39, 0.29) is 58.3 Å². The second kappa shape index (κ2) is 18.5. The van der Waals surface area contributed by atoms with Crippen LogP contribution in [0, 0.1) is 0 Å². The van der Waals surface area contributed by atoms with Crippen molar-refractivity contribution in [2.75, 3.05) is 26.2 Å². The highest BCUT2D eigenvalue weighted by atomic mass is 79.9. The monoisotopic (exact) mass is 1090 g/mol. The zero-order valence-corrected chi connectivity index (χ0v) is 37.5. The number of fused-ring (bicyclic) bond motifs is 9. The molecule has 7 bridgehead atoms. The first-order valence-corrected chi connectivity index (χ1v) is 21.4. The first-order valence-electron chi connectivity index (χ1n) is 18.1. The number of oxime groups is 3. The first kappa shape index (κ1) is 45.5. The van der Waals surface area contributed by atoms with Crippen molar-refractivity contribution in [1.82, 2.24) is 16.0 Å². The van der Waals surface area contributed by atoms with E-state index >= 15 is 0 Å². The minimum absolute atomic E-state index is 0.0124. The van der Waals surface area contributed by atoms with Gasteiger partial charge in [-0.05, 0) is 95.7 Å². The third-order valence-electron chi connectivity index (χ3n) is 10.1. The highest BCUT2D eigenvalue weighted by Gasteiger charge is 2.60. The molecule has 20 nitrogen and oxygen atoms in total. The van der Waals surface area contributed by atoms with Crippen molar-refractivity contribution in [3.63, 3.8) is 0 Å². The minimum atomic E-state index is -2.31. The van der Waals surface area contributed by atoms with E-state index in [9.17, 15) is 50.3 Å². The number of amides is 3. The number of phenolic OH excluding ortho intramolecular Hbond substituents is 1. The van der Waals surface area contributed by atoms with Gasteiger partial charge in [-0.15, -0.1) is 0 Å². The van der Waals surface area contributed by atoms with Crippen LogP contribution in [0.15, 0.2) is 59.2 Å². The molecule has 0 radical (unpaired) electrons. The summed E-state index contributed by atoms with van der Waals surface area (Å²) < 4.78 is 19.5. The number of nitrogens with zero attached hydrogens (tertiary/aromatic N) is 3. The van der Waals surface area contributed by atoms with Crippen molar-refractivity contribution >= 4 is 98.6 Å². The molecular weight excluding hydrogens is 1060 g/mol. The molecule has 0 fully saturated rings. The van der Waals surface area contributed by atoms with Gasteiger partial charge in [0.25, 0.3) is 23.5 Å². The van der Waals surface area contributed by atoms with Crippen molar-refractivity contribution in [2.45, 2.75) is 72.7 Å². The lowest BCUT2D eigenvalue weighted by atomic mass is 9.81. The van der Waals surface area contributed by atoms with Crippen LogP contribution in [0.1, 0.15) is 36.8 Å². The molecule has 60 heavy (non-hydrogen) atoms. The van der Waals surface area contributed by atoms with Gasteiger partial charge in [0, 0.05) is 42.9 Å². The predicted octanol–water partition coefficient (Wildman–Crippen LogP) is 1.58. The molecule has 0 aromatic heterocycles. The lowest BCUT2D eigenvalue weighted by Crippen LogP contribution is -2.62. The molecule has 24 heteroatoms. The van der Waals surface area contributed by atoms with Crippen LogP contribution in [-0.4, -0.2) is 138 Å². The second-order valence-electron chi connectivity index (χ2n) is 14.2. The molecule has 10 N–H and O–H groups in total. The van der Waals surface area contributed by atoms with Crippen LogP contribution in [0.2, 0.25) is 0 Å². The fraction of sp³-hybridized carbons (Fsp3) is 0.444. The van der Waals surface area contributed by atoms with Crippen LogP contribution < -0.4 is 30.2 Å². The number of aromatic hydroxyl groups is 1. The van der Waals surface area contributed by atoms with Gasteiger partial charge in [-0.25, -0.2) is 0 Å². The Morgan fingerprint density at radius 2 is 1.58 bits per heavy atom. The number of aliphatic hydroxyl groups is 4. The van der Waals surface area contributed by atoms with Gasteiger partial charge in [-0.2, -0.15) is 0 Å². The normalized spacial score (nSPS) is 32.6. The number of aliphatic hydroxyl groups excluding tert-OH is 3. The zero-order chi connectivity index (χ0) is 43.7. The van der Waals surface area contributed by atoms with Crippen LogP contribution in [0.5, 0.6) is 23.0 Å². The third-order valence-corrected chi connectivity index (χ3v) is 14.0. The summed E-state index contributed by atoms with van der Waals surface area (Å²) in [5.41, 5.74) is -2.89. The lowest BCUT2D eigenvalue weighted by Gasteiger charge is -2.43. The SMILES string of the molecule is CC1/C(=N\O)C(=O)NCCCOc2c(O)cc(c(Br)c2Br)C/C2=N\O[C@@H]3[C@H](Br)C4(C=C[C@@]3(O)C/C(=N\O)C(=O)NC[C@H](O)[C@@H](O)[C@H](O)CNC2=O)Oc2cc1cc(Br)c2O4. The Morgan fingerprint density at radius 3 is 2.27 bits per heavy atom. The number of hydrogen-bond acceptors (Lipinski definition) is 17. The molecule has 2 aromatic carbocycles. The summed E-state index contributed by atoms with van der Waals surface area (Å²) in [6, 6.07) is 4.47. The van der Waals surface area contributed by atoms with Crippen molar-refractivity contribution < 1.29 is 69.4 Å². The smallest absolute Gasteiger partial charge is 0.287 e. The Labute approximate surface area is 374 Å². The molecule has 324 valence electrons. The summed E-state index contributed by atoms with van der Waals surface area (Å²) in [5, 5.41) is 92.9. The molecule has 4 heterocycles. The van der Waals surface area contributed by atoms with E-state index in [1.807, 2.05) is 0 Å². The summed E-state index contributed by atoms with van der Waals surface area (Å²) >= 11 is 13.9. The Kier molecular flexibility index (Phi) is 14.0. The highest BCUT2D eigenvalue weighted by Crippen LogP contribution is 2.52. The van der Waals surface area contributed by atoms with Gasteiger partial charge < -0.3 is 70.9 Å². The van der Waals surface area contributed by atoms with Crippen LogP contribution in [-0.2, 0) is 25.6 Å². The van der Waals surface area contributed by atoms with Crippen molar-refractivity contribution in [3.8, 4) is 23.0 Å². The van der Waals surface area contributed by atoms with Crippen LogP contribution >= 0.6 is 63.7 Å². The summed E-state index contributed by atoms with van der Waals surface area (Å²) in [5.74, 6) is -5.35. The number of β-amino-alcohol motifs (C(OH)–C–C–N with tert-alkyl or cyclic N) is 2. The summed E-state index contributed by atoms with van der Waals surface area (Å²) in [7, 11) is 0. The van der Waals surface area contributed by atoms with E-state index in [0.29, 0.717) is 14.5 Å². The van der Waals surface area contributed by atoms with Gasteiger partial charge >= 0.3 is 0 Å². The van der Waals surface area contributed by atoms with Crippen molar-refractivity contribution in [2.24, 2.45) is 15.5 Å². The molecule has 1 aliphatic carbocycles. The average molecular weight is 1100 g/mol. The number of carbonyl (C=O) groups is 3. The third kappa shape index (κ3) is 9.10. The van der Waals surface area contributed by atoms with Crippen LogP contribution in [0.4, 0.5) is 0 Å². The zero-order valence-electron chi connectivity index (χ0n) is 31.1. The molecule has 0 saturated carbocycles. The highest BCUT2D eigenvalue weighted by molar-refractivity contribution is 9.13. The molecule has 2 unspecified atom stereocenters. The molecule has 4 aliphatic heterocycles. The number of alkyl halides is 1. The maximum Gasteiger partial charge on any atom is 0.287 e. The Balaban J connectivity index is 1.50. The minimum Gasteiger partial charge on any atom is -0.504 e. The number of rotatable bonds is 0. The van der Waals surface area contributed by atoms with E-state index in [2.05, 4.69) is 95.1 Å². The molecular formula is C36H38Br4N6O14.